The molecule has 0 spiro atoms. The van der Waals surface area contributed by atoms with Gasteiger partial charge in [0.25, 0.3) is 0 Å². The molecular weight excluding hydrogens is 200 g/mol. The van der Waals surface area contributed by atoms with E-state index < -0.39 is 0 Å². The minimum Gasteiger partial charge on any atom is -0.342 e. The fourth-order valence-electron chi connectivity index (χ4n) is 1.61. The van der Waals surface area contributed by atoms with Crippen LogP contribution in [0.3, 0.4) is 0 Å². The number of imidazole rings is 2. The minimum absolute atomic E-state index is 0.407. The summed E-state index contributed by atoms with van der Waals surface area (Å²) >= 11 is 5.75. The molecule has 14 heavy (non-hydrogen) atoms. The van der Waals surface area contributed by atoms with Gasteiger partial charge in [-0.05, 0) is 30.7 Å². The lowest BCUT2D eigenvalue weighted by molar-refractivity contribution is 1.17. The Bertz CT molecular complexity index is 519. The van der Waals surface area contributed by atoms with Crippen molar-refractivity contribution in [3.05, 3.63) is 23.2 Å². The highest BCUT2D eigenvalue weighted by molar-refractivity contribution is 6.29. The number of nitrogens with zero attached hydrogens (tertiary/aromatic N) is 2. The van der Waals surface area contributed by atoms with Gasteiger partial charge in [0.1, 0.15) is 5.82 Å². The third kappa shape index (κ3) is 1.01. The molecule has 0 saturated carbocycles. The average Bonchev–Trinajstić information content (AvgIpc) is 2.59. The lowest BCUT2D eigenvalue weighted by Gasteiger charge is -1.87. The van der Waals surface area contributed by atoms with Gasteiger partial charge < -0.3 is 9.97 Å². The Labute approximate surface area is 84.3 Å². The van der Waals surface area contributed by atoms with Crippen molar-refractivity contribution in [2.45, 2.75) is 6.92 Å². The summed E-state index contributed by atoms with van der Waals surface area (Å²) in [6.07, 6.45) is 0. The molecule has 1 aromatic carbocycles. The maximum atomic E-state index is 5.75. The summed E-state index contributed by atoms with van der Waals surface area (Å²) < 4.78 is 0. The number of hydrogen-bond donors (Lipinski definition) is 2. The second-order valence-electron chi connectivity index (χ2n) is 3.24. The third-order valence-corrected chi connectivity index (χ3v) is 2.35. The molecule has 0 bridgehead atoms. The van der Waals surface area contributed by atoms with Gasteiger partial charge in [0.05, 0.1) is 22.1 Å². The standard InChI is InChI=1S/C9H7ClN4/c1-4-11-5-2-7-8(3-6(5)12-4)14-9(10)13-7/h2-3H,1H3,(H,11,12)(H,13,14). The predicted molar refractivity (Wildman–Crippen MR) is 55.5 cm³/mol. The van der Waals surface area contributed by atoms with Crippen LogP contribution >= 0.6 is 11.6 Å². The summed E-state index contributed by atoms with van der Waals surface area (Å²) in [5.74, 6) is 0.902. The van der Waals surface area contributed by atoms with E-state index in [1.807, 2.05) is 19.1 Å². The van der Waals surface area contributed by atoms with Crippen molar-refractivity contribution in [3.63, 3.8) is 0 Å². The molecule has 5 heteroatoms. The zero-order chi connectivity index (χ0) is 9.71. The molecule has 0 atom stereocenters. The number of rotatable bonds is 0. The smallest absolute Gasteiger partial charge is 0.201 e. The lowest BCUT2D eigenvalue weighted by Crippen LogP contribution is -1.71. The number of aryl methyl sites for hydroxylation is 1. The van der Waals surface area contributed by atoms with E-state index in [-0.39, 0.29) is 0 Å². The second-order valence-corrected chi connectivity index (χ2v) is 3.59. The molecule has 3 aromatic rings. The normalized spacial score (nSPS) is 11.6. The van der Waals surface area contributed by atoms with Gasteiger partial charge in [-0.3, -0.25) is 0 Å². The number of hydrogen-bond acceptors (Lipinski definition) is 2. The largest absolute Gasteiger partial charge is 0.342 e. The maximum Gasteiger partial charge on any atom is 0.201 e. The van der Waals surface area contributed by atoms with E-state index in [2.05, 4.69) is 19.9 Å². The lowest BCUT2D eigenvalue weighted by atomic mass is 10.3. The first-order chi connectivity index (χ1) is 6.72. The molecular formula is C9H7ClN4. The highest BCUT2D eigenvalue weighted by Gasteiger charge is 2.05. The van der Waals surface area contributed by atoms with Crippen molar-refractivity contribution in [1.29, 1.82) is 0 Å². The number of aromatic nitrogens is 4. The van der Waals surface area contributed by atoms with E-state index in [0.29, 0.717) is 5.28 Å². The summed E-state index contributed by atoms with van der Waals surface area (Å²) in [6.45, 7) is 1.93. The fourth-order valence-corrected chi connectivity index (χ4v) is 1.80. The molecule has 2 N–H and O–H groups in total. The molecule has 0 aliphatic carbocycles. The van der Waals surface area contributed by atoms with Crippen LogP contribution in [0.1, 0.15) is 5.82 Å². The fraction of sp³-hybridized carbons (Fsp3) is 0.111. The summed E-state index contributed by atoms with van der Waals surface area (Å²) in [5.41, 5.74) is 3.67. The number of fused-ring (bicyclic) bond motifs is 2. The molecule has 2 aromatic heterocycles. The van der Waals surface area contributed by atoms with Crippen LogP contribution in [-0.2, 0) is 0 Å². The Hall–Kier alpha value is -1.55. The summed E-state index contributed by atoms with van der Waals surface area (Å²) in [7, 11) is 0. The van der Waals surface area contributed by atoms with Crippen LogP contribution in [0.15, 0.2) is 12.1 Å². The van der Waals surface area contributed by atoms with Crippen LogP contribution in [-0.4, -0.2) is 19.9 Å². The molecule has 0 unspecified atom stereocenters. The van der Waals surface area contributed by atoms with E-state index >= 15 is 0 Å². The molecule has 0 amide bonds. The number of H-pyrrole nitrogens is 2. The van der Waals surface area contributed by atoms with Crippen LogP contribution in [0.2, 0.25) is 5.28 Å². The predicted octanol–water partition coefficient (Wildman–Crippen LogP) is 2.40. The van der Waals surface area contributed by atoms with Crippen LogP contribution in [0.5, 0.6) is 0 Å². The van der Waals surface area contributed by atoms with Gasteiger partial charge >= 0.3 is 0 Å². The Balaban J connectivity index is 2.49. The van der Waals surface area contributed by atoms with Gasteiger partial charge in [-0.25, -0.2) is 9.97 Å². The molecule has 4 nitrogen and oxygen atoms in total. The van der Waals surface area contributed by atoms with Crippen molar-refractivity contribution in [2.24, 2.45) is 0 Å². The van der Waals surface area contributed by atoms with Crippen molar-refractivity contribution >= 4 is 33.7 Å². The van der Waals surface area contributed by atoms with E-state index in [9.17, 15) is 0 Å². The number of nitrogens with one attached hydrogen (secondary N) is 2. The summed E-state index contributed by atoms with van der Waals surface area (Å²) in [5, 5.41) is 0.407. The molecule has 2 heterocycles. The van der Waals surface area contributed by atoms with E-state index in [4.69, 9.17) is 11.6 Å². The molecule has 0 radical (unpaired) electrons. The van der Waals surface area contributed by atoms with Gasteiger partial charge in [-0.15, -0.1) is 0 Å². The van der Waals surface area contributed by atoms with Crippen LogP contribution in [0.25, 0.3) is 22.1 Å². The van der Waals surface area contributed by atoms with Gasteiger partial charge in [0.15, 0.2) is 0 Å². The van der Waals surface area contributed by atoms with Crippen LogP contribution in [0.4, 0.5) is 0 Å². The SMILES string of the molecule is Cc1nc2cc3nc(Cl)[nH]c3cc2[nH]1. The monoisotopic (exact) mass is 206 g/mol. The Morgan fingerprint density at radius 1 is 1.07 bits per heavy atom. The third-order valence-electron chi connectivity index (χ3n) is 2.17. The first-order valence-corrected chi connectivity index (χ1v) is 4.62. The molecule has 0 saturated heterocycles. The number of benzene rings is 1. The zero-order valence-corrected chi connectivity index (χ0v) is 8.18. The first kappa shape index (κ1) is 7.82. The van der Waals surface area contributed by atoms with E-state index in [1.54, 1.807) is 0 Å². The topological polar surface area (TPSA) is 57.4 Å². The van der Waals surface area contributed by atoms with E-state index in [1.165, 1.54) is 0 Å². The zero-order valence-electron chi connectivity index (χ0n) is 7.43. The summed E-state index contributed by atoms with van der Waals surface area (Å²) in [6, 6.07) is 3.88. The molecule has 0 aliphatic heterocycles. The molecule has 0 fully saturated rings. The molecule has 0 aliphatic rings. The molecule has 3 rings (SSSR count). The van der Waals surface area contributed by atoms with Crippen LogP contribution < -0.4 is 0 Å². The van der Waals surface area contributed by atoms with Gasteiger partial charge in [-0.2, -0.15) is 0 Å². The number of halogens is 1. The molecule has 70 valence electrons. The Kier molecular flexibility index (Phi) is 1.39. The Morgan fingerprint density at radius 3 is 2.64 bits per heavy atom. The minimum atomic E-state index is 0.407. The quantitative estimate of drug-likeness (QED) is 0.594. The average molecular weight is 207 g/mol. The van der Waals surface area contributed by atoms with E-state index in [0.717, 1.165) is 27.9 Å². The maximum absolute atomic E-state index is 5.75. The highest BCUT2D eigenvalue weighted by Crippen LogP contribution is 2.20. The Morgan fingerprint density at radius 2 is 1.79 bits per heavy atom. The van der Waals surface area contributed by atoms with Crippen LogP contribution in [0, 0.1) is 6.92 Å². The summed E-state index contributed by atoms with van der Waals surface area (Å²) in [4.78, 5) is 14.6. The van der Waals surface area contributed by atoms with Crippen molar-refractivity contribution in [3.8, 4) is 0 Å². The van der Waals surface area contributed by atoms with Gasteiger partial charge in [-0.1, -0.05) is 0 Å². The van der Waals surface area contributed by atoms with Gasteiger partial charge in [0.2, 0.25) is 5.28 Å². The van der Waals surface area contributed by atoms with Crippen molar-refractivity contribution < 1.29 is 0 Å². The van der Waals surface area contributed by atoms with Crippen molar-refractivity contribution in [1.82, 2.24) is 19.9 Å². The number of aromatic amines is 2. The highest BCUT2D eigenvalue weighted by atomic mass is 35.5. The van der Waals surface area contributed by atoms with Gasteiger partial charge in [0, 0.05) is 0 Å². The van der Waals surface area contributed by atoms with Crippen molar-refractivity contribution in [2.75, 3.05) is 0 Å². The second kappa shape index (κ2) is 2.48. The first-order valence-electron chi connectivity index (χ1n) is 4.24.